The molecule has 4 unspecified atom stereocenters. The van der Waals surface area contributed by atoms with E-state index in [0.29, 0.717) is 6.54 Å². The van der Waals surface area contributed by atoms with Gasteiger partial charge >= 0.3 is 0 Å². The number of hydrogen-bond acceptors (Lipinski definition) is 4. The number of halogens is 1. The maximum Gasteiger partial charge on any atom is 0.227 e. The molecular weight excluding hydrogens is 384 g/mol. The number of fused-ring (bicyclic) bond motifs is 2. The summed E-state index contributed by atoms with van der Waals surface area (Å²) in [7, 11) is 0. The molecule has 0 aliphatic carbocycles. The van der Waals surface area contributed by atoms with Gasteiger partial charge in [-0.1, -0.05) is 22.0 Å². The van der Waals surface area contributed by atoms with Crippen LogP contribution in [0.5, 0.6) is 0 Å². The highest BCUT2D eigenvalue weighted by molar-refractivity contribution is 9.10. The smallest absolute Gasteiger partial charge is 0.227 e. The Balaban J connectivity index is 1.41. The van der Waals surface area contributed by atoms with E-state index in [0.717, 1.165) is 29.4 Å². The molecular formula is C18H19BrN4O2. The molecule has 7 heteroatoms. The lowest BCUT2D eigenvalue weighted by atomic mass is 9.94. The van der Waals surface area contributed by atoms with E-state index < -0.39 is 0 Å². The molecule has 2 amide bonds. The number of nitriles is 1. The first-order valence-corrected chi connectivity index (χ1v) is 9.40. The minimum atomic E-state index is -0.332. The van der Waals surface area contributed by atoms with Gasteiger partial charge in [-0.3, -0.25) is 9.59 Å². The zero-order valence-corrected chi connectivity index (χ0v) is 15.3. The number of benzene rings is 1. The second-order valence-electron chi connectivity index (χ2n) is 7.04. The fraction of sp³-hybridized carbons (Fsp3) is 0.500. The monoisotopic (exact) mass is 402 g/mol. The van der Waals surface area contributed by atoms with Gasteiger partial charge in [-0.2, -0.15) is 5.26 Å². The van der Waals surface area contributed by atoms with Crippen molar-refractivity contribution in [1.29, 1.82) is 5.26 Å². The fourth-order valence-corrected chi connectivity index (χ4v) is 4.76. The van der Waals surface area contributed by atoms with Gasteiger partial charge in [-0.15, -0.1) is 0 Å². The van der Waals surface area contributed by atoms with Crippen molar-refractivity contribution in [1.82, 2.24) is 10.2 Å². The van der Waals surface area contributed by atoms with E-state index in [9.17, 15) is 14.9 Å². The van der Waals surface area contributed by atoms with Crippen molar-refractivity contribution in [3.8, 4) is 6.19 Å². The minimum Gasteiger partial charge on any atom is -0.351 e. The van der Waals surface area contributed by atoms with E-state index in [2.05, 4.69) is 27.4 Å². The normalized spacial score (nSPS) is 30.6. The summed E-state index contributed by atoms with van der Waals surface area (Å²) in [5.74, 6) is -0.424. The van der Waals surface area contributed by atoms with E-state index in [1.54, 1.807) is 4.90 Å². The number of anilines is 1. The summed E-state index contributed by atoms with van der Waals surface area (Å²) in [6.07, 6.45) is 5.31. The van der Waals surface area contributed by atoms with Crippen molar-refractivity contribution in [2.45, 2.75) is 43.8 Å². The zero-order valence-electron chi connectivity index (χ0n) is 13.7. The van der Waals surface area contributed by atoms with Crippen LogP contribution in [0, 0.1) is 17.4 Å². The molecule has 0 radical (unpaired) electrons. The molecule has 1 aromatic carbocycles. The molecule has 3 saturated heterocycles. The van der Waals surface area contributed by atoms with Crippen LogP contribution in [0.2, 0.25) is 0 Å². The molecule has 3 aliphatic rings. The van der Waals surface area contributed by atoms with Crippen molar-refractivity contribution in [3.05, 3.63) is 28.7 Å². The van der Waals surface area contributed by atoms with E-state index in [4.69, 9.17) is 0 Å². The summed E-state index contributed by atoms with van der Waals surface area (Å²) in [5.41, 5.74) is 0.810. The Hall–Kier alpha value is -2.07. The van der Waals surface area contributed by atoms with Crippen LogP contribution in [0.1, 0.15) is 25.7 Å². The third kappa shape index (κ3) is 2.89. The van der Waals surface area contributed by atoms with Gasteiger partial charge in [0.1, 0.15) is 0 Å². The number of nitrogens with zero attached hydrogens (tertiary/aromatic N) is 3. The Morgan fingerprint density at radius 1 is 1.36 bits per heavy atom. The van der Waals surface area contributed by atoms with Gasteiger partial charge in [0.25, 0.3) is 0 Å². The Morgan fingerprint density at radius 2 is 2.20 bits per heavy atom. The third-order valence-electron chi connectivity index (χ3n) is 5.60. The second kappa shape index (κ2) is 6.34. The number of nitrogens with one attached hydrogen (secondary N) is 1. The Morgan fingerprint density at radius 3 is 2.92 bits per heavy atom. The van der Waals surface area contributed by atoms with Crippen LogP contribution in [0.15, 0.2) is 28.7 Å². The van der Waals surface area contributed by atoms with E-state index >= 15 is 0 Å². The number of rotatable bonds is 3. The lowest BCUT2D eigenvalue weighted by Crippen LogP contribution is -2.46. The molecule has 1 N–H and O–H groups in total. The second-order valence-corrected chi connectivity index (χ2v) is 7.96. The average Bonchev–Trinajstić information content (AvgIpc) is 3.26. The molecule has 4 rings (SSSR count). The molecule has 0 aromatic heterocycles. The van der Waals surface area contributed by atoms with Crippen LogP contribution in [-0.4, -0.2) is 41.4 Å². The summed E-state index contributed by atoms with van der Waals surface area (Å²) in [6.45, 7) is 0.407. The first kappa shape index (κ1) is 16.4. The van der Waals surface area contributed by atoms with Crippen LogP contribution in [0.4, 0.5) is 5.69 Å². The quantitative estimate of drug-likeness (QED) is 0.784. The number of hydrogen-bond donors (Lipinski definition) is 1. The van der Waals surface area contributed by atoms with Crippen LogP contribution < -0.4 is 10.2 Å². The van der Waals surface area contributed by atoms with E-state index in [1.807, 2.05) is 29.2 Å². The third-order valence-corrected chi connectivity index (χ3v) is 6.09. The molecule has 6 nitrogen and oxygen atoms in total. The summed E-state index contributed by atoms with van der Waals surface area (Å²) < 4.78 is 0.907. The van der Waals surface area contributed by atoms with Gasteiger partial charge < -0.3 is 15.1 Å². The van der Waals surface area contributed by atoms with Gasteiger partial charge in [0.05, 0.1) is 18.0 Å². The number of carbonyl (C=O) groups is 2. The first-order valence-electron chi connectivity index (χ1n) is 8.61. The number of amides is 2. The van der Waals surface area contributed by atoms with Crippen LogP contribution in [0.3, 0.4) is 0 Å². The Kier molecular flexibility index (Phi) is 4.16. The molecule has 3 fully saturated rings. The molecule has 4 atom stereocenters. The van der Waals surface area contributed by atoms with Crippen LogP contribution in [0.25, 0.3) is 0 Å². The van der Waals surface area contributed by atoms with E-state index in [1.165, 1.54) is 0 Å². The van der Waals surface area contributed by atoms with Gasteiger partial charge in [-0.25, -0.2) is 0 Å². The van der Waals surface area contributed by atoms with Crippen molar-refractivity contribution in [2.75, 3.05) is 11.4 Å². The van der Waals surface area contributed by atoms with E-state index in [-0.39, 0.29) is 42.3 Å². The Labute approximate surface area is 154 Å². The topological polar surface area (TPSA) is 76.4 Å². The van der Waals surface area contributed by atoms with Crippen molar-refractivity contribution in [2.24, 2.45) is 5.92 Å². The standard InChI is InChI=1S/C18H19BrN4O2/c19-12-2-1-3-13(7-12)22-9-11(6-17(22)24)18(25)21-15-8-14-4-5-16(15)23(14)10-20/h1-3,7,11,14-16H,4-6,8-9H2,(H,21,25). The predicted octanol–water partition coefficient (Wildman–Crippen LogP) is 2.00. The van der Waals surface area contributed by atoms with Crippen molar-refractivity contribution < 1.29 is 9.59 Å². The van der Waals surface area contributed by atoms with Crippen LogP contribution >= 0.6 is 15.9 Å². The van der Waals surface area contributed by atoms with Crippen molar-refractivity contribution >= 4 is 33.4 Å². The maximum absolute atomic E-state index is 12.7. The summed E-state index contributed by atoms with van der Waals surface area (Å²) in [5, 5.41) is 12.3. The predicted molar refractivity (Wildman–Crippen MR) is 95.4 cm³/mol. The molecule has 25 heavy (non-hydrogen) atoms. The highest BCUT2D eigenvalue weighted by atomic mass is 79.9. The van der Waals surface area contributed by atoms with Crippen LogP contribution in [-0.2, 0) is 9.59 Å². The molecule has 3 aliphatic heterocycles. The largest absolute Gasteiger partial charge is 0.351 e. The highest BCUT2D eigenvalue weighted by Crippen LogP contribution is 2.37. The average molecular weight is 403 g/mol. The summed E-state index contributed by atoms with van der Waals surface area (Å²) in [4.78, 5) is 28.5. The highest BCUT2D eigenvalue weighted by Gasteiger charge is 2.47. The summed E-state index contributed by atoms with van der Waals surface area (Å²) >= 11 is 3.41. The molecule has 130 valence electrons. The lowest BCUT2D eigenvalue weighted by molar-refractivity contribution is -0.127. The Bertz CT molecular complexity index is 762. The molecule has 3 heterocycles. The molecule has 2 bridgehead atoms. The molecule has 0 spiro atoms. The summed E-state index contributed by atoms with van der Waals surface area (Å²) in [6, 6.07) is 7.97. The first-order chi connectivity index (χ1) is 12.1. The minimum absolute atomic E-state index is 0.0233. The van der Waals surface area contributed by atoms with Crippen molar-refractivity contribution in [3.63, 3.8) is 0 Å². The molecule has 1 aromatic rings. The maximum atomic E-state index is 12.7. The van der Waals surface area contributed by atoms with Gasteiger partial charge in [0, 0.05) is 29.2 Å². The zero-order chi connectivity index (χ0) is 17.6. The van der Waals surface area contributed by atoms with Gasteiger partial charge in [0.2, 0.25) is 11.8 Å². The fourth-order valence-electron chi connectivity index (χ4n) is 4.38. The van der Waals surface area contributed by atoms with Gasteiger partial charge in [0.15, 0.2) is 6.19 Å². The lowest BCUT2D eigenvalue weighted by Gasteiger charge is -2.23. The van der Waals surface area contributed by atoms with Gasteiger partial charge in [-0.05, 0) is 37.5 Å². The number of carbonyl (C=O) groups excluding carboxylic acids is 2. The SMILES string of the molecule is N#CN1C2CCC1C(NC(=O)C1CC(=O)N(c3cccc(Br)c3)C1)C2. The molecule has 0 saturated carbocycles.